The molecule has 1 saturated heterocycles. The van der Waals surface area contributed by atoms with Crippen molar-refractivity contribution in [1.29, 1.82) is 0 Å². The Bertz CT molecular complexity index is 237. The summed E-state index contributed by atoms with van der Waals surface area (Å²) in [6.07, 6.45) is 2.04. The summed E-state index contributed by atoms with van der Waals surface area (Å²) >= 11 is 0. The van der Waals surface area contributed by atoms with Crippen molar-refractivity contribution < 1.29 is 14.3 Å². The second-order valence-electron chi connectivity index (χ2n) is 5.06. The van der Waals surface area contributed by atoms with Crippen LogP contribution in [0.5, 0.6) is 0 Å². The van der Waals surface area contributed by atoms with Crippen LogP contribution in [-0.4, -0.2) is 39.4 Å². The molecule has 0 radical (unpaired) electrons. The standard InChI is InChI=1S/C13H25NO3/c1-9(2)11(13(15)16-4)12(14-3)10-5-7-17-8-6-10/h9-12,14H,5-8H2,1-4H3. The quantitative estimate of drug-likeness (QED) is 0.742. The molecule has 0 bridgehead atoms. The van der Waals surface area contributed by atoms with Crippen molar-refractivity contribution in [3.8, 4) is 0 Å². The lowest BCUT2D eigenvalue weighted by molar-refractivity contribution is -0.149. The Morgan fingerprint density at radius 3 is 2.35 bits per heavy atom. The van der Waals surface area contributed by atoms with Crippen molar-refractivity contribution in [3.63, 3.8) is 0 Å². The van der Waals surface area contributed by atoms with Crippen LogP contribution in [0.25, 0.3) is 0 Å². The molecule has 1 aliphatic heterocycles. The molecule has 0 saturated carbocycles. The summed E-state index contributed by atoms with van der Waals surface area (Å²) in [5.74, 6) is 0.599. The van der Waals surface area contributed by atoms with Gasteiger partial charge in [-0.1, -0.05) is 13.8 Å². The van der Waals surface area contributed by atoms with E-state index in [0.29, 0.717) is 5.92 Å². The minimum absolute atomic E-state index is 0.0758. The molecule has 1 fully saturated rings. The van der Waals surface area contributed by atoms with E-state index in [1.54, 1.807) is 0 Å². The van der Waals surface area contributed by atoms with Crippen LogP contribution >= 0.6 is 0 Å². The Hall–Kier alpha value is -0.610. The fraction of sp³-hybridized carbons (Fsp3) is 0.923. The largest absolute Gasteiger partial charge is 0.469 e. The molecule has 1 N–H and O–H groups in total. The minimum atomic E-state index is -0.106. The lowest BCUT2D eigenvalue weighted by atomic mass is 9.78. The normalized spacial score (nSPS) is 21.2. The molecule has 1 aliphatic rings. The number of esters is 1. The smallest absolute Gasteiger partial charge is 0.310 e. The number of hydrogen-bond donors (Lipinski definition) is 1. The molecule has 0 amide bonds. The number of hydrogen-bond acceptors (Lipinski definition) is 4. The predicted molar refractivity (Wildman–Crippen MR) is 66.7 cm³/mol. The SMILES string of the molecule is CNC(C1CCOCC1)C(C(=O)OC)C(C)C. The molecular weight excluding hydrogens is 218 g/mol. The highest BCUT2D eigenvalue weighted by atomic mass is 16.5. The van der Waals surface area contributed by atoms with Crippen molar-refractivity contribution in [1.82, 2.24) is 5.32 Å². The average Bonchev–Trinajstić information content (AvgIpc) is 2.35. The van der Waals surface area contributed by atoms with Crippen LogP contribution in [0.3, 0.4) is 0 Å². The molecule has 2 atom stereocenters. The van der Waals surface area contributed by atoms with E-state index in [2.05, 4.69) is 19.2 Å². The lowest BCUT2D eigenvalue weighted by Crippen LogP contribution is -2.48. The third-order valence-electron chi connectivity index (χ3n) is 3.69. The molecular formula is C13H25NO3. The van der Waals surface area contributed by atoms with Gasteiger partial charge in [-0.2, -0.15) is 0 Å². The van der Waals surface area contributed by atoms with E-state index in [1.165, 1.54) is 7.11 Å². The zero-order chi connectivity index (χ0) is 12.8. The topological polar surface area (TPSA) is 47.6 Å². The highest BCUT2D eigenvalue weighted by molar-refractivity contribution is 5.73. The third-order valence-corrected chi connectivity index (χ3v) is 3.69. The number of carbonyl (C=O) groups excluding carboxylic acids is 1. The van der Waals surface area contributed by atoms with Gasteiger partial charge in [-0.3, -0.25) is 4.79 Å². The Morgan fingerprint density at radius 1 is 1.35 bits per heavy atom. The molecule has 0 spiro atoms. The van der Waals surface area contributed by atoms with Gasteiger partial charge in [0.15, 0.2) is 0 Å². The number of methoxy groups -OCH3 is 1. The van der Waals surface area contributed by atoms with Crippen LogP contribution in [0, 0.1) is 17.8 Å². The minimum Gasteiger partial charge on any atom is -0.469 e. The highest BCUT2D eigenvalue weighted by Crippen LogP contribution is 2.28. The van der Waals surface area contributed by atoms with E-state index in [4.69, 9.17) is 9.47 Å². The van der Waals surface area contributed by atoms with Gasteiger partial charge >= 0.3 is 5.97 Å². The molecule has 0 aromatic rings. The molecule has 17 heavy (non-hydrogen) atoms. The Kier molecular flexibility index (Phi) is 5.92. The summed E-state index contributed by atoms with van der Waals surface area (Å²) in [4.78, 5) is 11.9. The maximum atomic E-state index is 11.9. The fourth-order valence-corrected chi connectivity index (χ4v) is 2.75. The average molecular weight is 243 g/mol. The van der Waals surface area contributed by atoms with Crippen molar-refractivity contribution >= 4 is 5.97 Å². The van der Waals surface area contributed by atoms with E-state index in [1.807, 2.05) is 7.05 Å². The molecule has 100 valence electrons. The summed E-state index contributed by atoms with van der Waals surface area (Å²) in [6.45, 7) is 5.75. The van der Waals surface area contributed by atoms with E-state index in [9.17, 15) is 4.79 Å². The second-order valence-corrected chi connectivity index (χ2v) is 5.06. The maximum absolute atomic E-state index is 11.9. The summed E-state index contributed by atoms with van der Waals surface area (Å²) in [5, 5.41) is 3.31. The Morgan fingerprint density at radius 2 is 1.94 bits per heavy atom. The molecule has 0 aliphatic carbocycles. The first kappa shape index (κ1) is 14.5. The van der Waals surface area contributed by atoms with E-state index in [0.717, 1.165) is 26.1 Å². The summed E-state index contributed by atoms with van der Waals surface area (Å²) in [5.41, 5.74) is 0. The summed E-state index contributed by atoms with van der Waals surface area (Å²) in [6, 6.07) is 0.186. The van der Waals surface area contributed by atoms with Crippen molar-refractivity contribution in [2.24, 2.45) is 17.8 Å². The molecule has 4 heteroatoms. The zero-order valence-corrected chi connectivity index (χ0v) is 11.4. The van der Waals surface area contributed by atoms with Crippen LogP contribution in [0.4, 0.5) is 0 Å². The molecule has 0 aromatic carbocycles. The molecule has 0 aromatic heterocycles. The van der Waals surface area contributed by atoms with Crippen molar-refractivity contribution in [2.45, 2.75) is 32.7 Å². The van der Waals surface area contributed by atoms with Gasteiger partial charge in [0.05, 0.1) is 13.0 Å². The fourth-order valence-electron chi connectivity index (χ4n) is 2.75. The Labute approximate surface area is 104 Å². The summed E-state index contributed by atoms with van der Waals surface area (Å²) in [7, 11) is 3.40. The van der Waals surface area contributed by atoms with Crippen LogP contribution < -0.4 is 5.32 Å². The third kappa shape index (κ3) is 3.68. The van der Waals surface area contributed by atoms with Gasteiger partial charge in [-0.25, -0.2) is 0 Å². The first-order chi connectivity index (χ1) is 8.11. The van der Waals surface area contributed by atoms with E-state index in [-0.39, 0.29) is 23.8 Å². The molecule has 2 unspecified atom stereocenters. The van der Waals surface area contributed by atoms with Gasteiger partial charge in [-0.15, -0.1) is 0 Å². The van der Waals surface area contributed by atoms with Crippen LogP contribution in [-0.2, 0) is 14.3 Å². The molecule has 1 heterocycles. The van der Waals surface area contributed by atoms with E-state index < -0.39 is 0 Å². The van der Waals surface area contributed by atoms with Gasteiger partial charge in [0.25, 0.3) is 0 Å². The molecule has 1 rings (SSSR count). The monoisotopic (exact) mass is 243 g/mol. The van der Waals surface area contributed by atoms with Gasteiger partial charge in [-0.05, 0) is 31.7 Å². The van der Waals surface area contributed by atoms with Crippen LogP contribution in [0.15, 0.2) is 0 Å². The van der Waals surface area contributed by atoms with Gasteiger partial charge in [0, 0.05) is 19.3 Å². The number of nitrogens with one attached hydrogen (secondary N) is 1. The Balaban J connectivity index is 2.76. The number of ether oxygens (including phenoxy) is 2. The van der Waals surface area contributed by atoms with Crippen LogP contribution in [0.1, 0.15) is 26.7 Å². The van der Waals surface area contributed by atoms with Crippen molar-refractivity contribution in [3.05, 3.63) is 0 Å². The van der Waals surface area contributed by atoms with Gasteiger partial charge < -0.3 is 14.8 Å². The number of carbonyl (C=O) groups is 1. The summed E-state index contributed by atoms with van der Waals surface area (Å²) < 4.78 is 10.3. The highest BCUT2D eigenvalue weighted by Gasteiger charge is 2.36. The lowest BCUT2D eigenvalue weighted by Gasteiger charge is -2.36. The first-order valence-electron chi connectivity index (χ1n) is 6.44. The van der Waals surface area contributed by atoms with Crippen LogP contribution in [0.2, 0.25) is 0 Å². The van der Waals surface area contributed by atoms with Crippen molar-refractivity contribution in [2.75, 3.05) is 27.4 Å². The zero-order valence-electron chi connectivity index (χ0n) is 11.4. The number of rotatable bonds is 5. The van der Waals surface area contributed by atoms with Gasteiger partial charge in [0.2, 0.25) is 0 Å². The maximum Gasteiger partial charge on any atom is 0.310 e. The van der Waals surface area contributed by atoms with E-state index >= 15 is 0 Å². The second kappa shape index (κ2) is 6.97. The predicted octanol–water partition coefficient (Wildman–Crippen LogP) is 1.45. The molecule has 4 nitrogen and oxygen atoms in total. The first-order valence-corrected chi connectivity index (χ1v) is 6.44. The van der Waals surface area contributed by atoms with Gasteiger partial charge in [0.1, 0.15) is 0 Å².